The normalized spacial score (nSPS) is 22.9. The van der Waals surface area contributed by atoms with Crippen molar-refractivity contribution in [1.29, 1.82) is 0 Å². The first-order chi connectivity index (χ1) is 11.6. The Kier molecular flexibility index (Phi) is 3.59. The highest BCUT2D eigenvalue weighted by molar-refractivity contribution is 5.84. The molecule has 1 saturated carbocycles. The molecule has 0 saturated heterocycles. The number of fused-ring (bicyclic) bond motifs is 1. The lowest BCUT2D eigenvalue weighted by Gasteiger charge is -2.14. The number of carbonyl (C=O) groups is 1. The summed E-state index contributed by atoms with van der Waals surface area (Å²) in [7, 11) is 0. The Hall–Kier alpha value is -2.64. The Labute approximate surface area is 139 Å². The third kappa shape index (κ3) is 2.91. The molecule has 0 spiro atoms. The summed E-state index contributed by atoms with van der Waals surface area (Å²) in [5, 5.41) is 3.36. The summed E-state index contributed by atoms with van der Waals surface area (Å²) in [5.41, 5.74) is 7.35. The molecular weight excluding hydrogens is 308 g/mol. The van der Waals surface area contributed by atoms with Gasteiger partial charge in [0, 0.05) is 18.9 Å². The van der Waals surface area contributed by atoms with Gasteiger partial charge >= 0.3 is 5.97 Å². The van der Waals surface area contributed by atoms with Crippen LogP contribution in [0.5, 0.6) is 0 Å². The lowest BCUT2D eigenvalue weighted by atomic mass is 10.1. The highest BCUT2D eigenvalue weighted by Gasteiger charge is 2.26. The van der Waals surface area contributed by atoms with E-state index in [9.17, 15) is 4.79 Å². The molecule has 2 aliphatic carbocycles. The third-order valence-electron chi connectivity index (χ3n) is 4.36. The standard InChI is InChI=1S/C16H20N6O2/c1-9(23)24-7-10-2-5-12(6-10)22-8-18-13-14(19-11-3-4-11)20-16(17)21-15(13)22/h2,5,8,10-12H,3-4,6-7H2,1H3,(H3,17,19,20,21)/t10-,12+/m1/s1. The van der Waals surface area contributed by atoms with E-state index in [0.29, 0.717) is 18.5 Å². The summed E-state index contributed by atoms with van der Waals surface area (Å²) >= 11 is 0. The number of ether oxygens (including phenoxy) is 1. The highest BCUT2D eigenvalue weighted by Crippen LogP contribution is 2.33. The van der Waals surface area contributed by atoms with Gasteiger partial charge in [-0.1, -0.05) is 12.2 Å². The van der Waals surface area contributed by atoms with Gasteiger partial charge in [-0.15, -0.1) is 0 Å². The van der Waals surface area contributed by atoms with E-state index in [-0.39, 0.29) is 23.9 Å². The topological polar surface area (TPSA) is 108 Å². The van der Waals surface area contributed by atoms with Crippen molar-refractivity contribution < 1.29 is 9.53 Å². The monoisotopic (exact) mass is 328 g/mol. The first kappa shape index (κ1) is 14.9. The number of nitrogen functional groups attached to an aromatic ring is 1. The van der Waals surface area contributed by atoms with Crippen LogP contribution in [-0.2, 0) is 9.53 Å². The number of esters is 1. The fourth-order valence-electron chi connectivity index (χ4n) is 3.00. The molecule has 8 nitrogen and oxygen atoms in total. The van der Waals surface area contributed by atoms with Crippen molar-refractivity contribution in [2.24, 2.45) is 5.92 Å². The average molecular weight is 328 g/mol. The molecule has 0 radical (unpaired) electrons. The van der Waals surface area contributed by atoms with Crippen LogP contribution < -0.4 is 11.1 Å². The Bertz CT molecular complexity index is 810. The zero-order chi connectivity index (χ0) is 16.7. The summed E-state index contributed by atoms with van der Waals surface area (Å²) in [6.07, 6.45) is 9.09. The molecule has 1 fully saturated rings. The van der Waals surface area contributed by atoms with Gasteiger partial charge in [-0.3, -0.25) is 4.79 Å². The van der Waals surface area contributed by atoms with E-state index >= 15 is 0 Å². The van der Waals surface area contributed by atoms with Crippen molar-refractivity contribution in [3.05, 3.63) is 18.5 Å². The summed E-state index contributed by atoms with van der Waals surface area (Å²) in [6.45, 7) is 1.83. The fraction of sp³-hybridized carbons (Fsp3) is 0.500. The molecule has 2 aliphatic rings. The SMILES string of the molecule is CC(=O)OC[C@@H]1C=C[C@H](n2cnc3c(NC4CC4)nc(N)nc32)C1. The van der Waals surface area contributed by atoms with E-state index in [1.807, 2.05) is 4.57 Å². The molecule has 0 aliphatic heterocycles. The number of hydrogen-bond acceptors (Lipinski definition) is 7. The van der Waals surface area contributed by atoms with Crippen molar-refractivity contribution in [3.63, 3.8) is 0 Å². The van der Waals surface area contributed by atoms with E-state index in [4.69, 9.17) is 10.5 Å². The van der Waals surface area contributed by atoms with Crippen LogP contribution in [-0.4, -0.2) is 38.1 Å². The number of nitrogens with one attached hydrogen (secondary N) is 1. The summed E-state index contributed by atoms with van der Waals surface area (Å²) in [4.78, 5) is 24.1. The van der Waals surface area contributed by atoms with Crippen molar-refractivity contribution in [2.45, 2.75) is 38.3 Å². The zero-order valence-corrected chi connectivity index (χ0v) is 13.5. The molecule has 126 valence electrons. The van der Waals surface area contributed by atoms with Crippen LogP contribution in [0.25, 0.3) is 11.2 Å². The second kappa shape index (κ2) is 5.77. The fourth-order valence-corrected chi connectivity index (χ4v) is 3.00. The number of nitrogens with zero attached hydrogens (tertiary/aromatic N) is 4. The van der Waals surface area contributed by atoms with Crippen LogP contribution in [0.1, 0.15) is 32.2 Å². The molecule has 2 atom stereocenters. The molecule has 0 amide bonds. The third-order valence-corrected chi connectivity index (χ3v) is 4.36. The van der Waals surface area contributed by atoms with E-state index in [1.165, 1.54) is 6.92 Å². The van der Waals surface area contributed by atoms with Crippen LogP contribution in [0.15, 0.2) is 18.5 Å². The number of aromatic nitrogens is 4. The van der Waals surface area contributed by atoms with Crippen molar-refractivity contribution in [2.75, 3.05) is 17.7 Å². The van der Waals surface area contributed by atoms with Crippen LogP contribution in [0.2, 0.25) is 0 Å². The first-order valence-corrected chi connectivity index (χ1v) is 8.18. The van der Waals surface area contributed by atoms with Gasteiger partial charge in [-0.05, 0) is 19.3 Å². The van der Waals surface area contributed by atoms with E-state index in [2.05, 4.69) is 32.4 Å². The number of anilines is 2. The number of imidazole rings is 1. The van der Waals surface area contributed by atoms with Gasteiger partial charge in [0.1, 0.15) is 0 Å². The molecule has 8 heteroatoms. The second-order valence-corrected chi connectivity index (χ2v) is 6.42. The molecule has 3 N–H and O–H groups in total. The maximum absolute atomic E-state index is 11.0. The largest absolute Gasteiger partial charge is 0.465 e. The highest BCUT2D eigenvalue weighted by atomic mass is 16.5. The summed E-state index contributed by atoms with van der Waals surface area (Å²) in [5.74, 6) is 0.902. The molecule has 2 heterocycles. The van der Waals surface area contributed by atoms with Gasteiger partial charge < -0.3 is 20.4 Å². The minimum atomic E-state index is -0.253. The first-order valence-electron chi connectivity index (χ1n) is 8.18. The molecule has 0 aromatic carbocycles. The van der Waals surface area contributed by atoms with Gasteiger partial charge in [0.25, 0.3) is 0 Å². The minimum Gasteiger partial charge on any atom is -0.465 e. The molecule has 0 unspecified atom stereocenters. The molecule has 2 aromatic heterocycles. The zero-order valence-electron chi connectivity index (χ0n) is 13.5. The maximum Gasteiger partial charge on any atom is 0.302 e. The number of carbonyl (C=O) groups excluding carboxylic acids is 1. The Morgan fingerprint density at radius 3 is 3.00 bits per heavy atom. The van der Waals surface area contributed by atoms with Crippen molar-refractivity contribution in [1.82, 2.24) is 19.5 Å². The predicted octanol–water partition coefficient (Wildman–Crippen LogP) is 1.66. The van der Waals surface area contributed by atoms with Crippen molar-refractivity contribution >= 4 is 28.9 Å². The number of allylic oxidation sites excluding steroid dienone is 1. The average Bonchev–Trinajstić information content (AvgIpc) is 3.07. The van der Waals surface area contributed by atoms with Crippen LogP contribution in [0.4, 0.5) is 11.8 Å². The molecule has 0 bridgehead atoms. The number of nitrogens with two attached hydrogens (primary N) is 1. The Morgan fingerprint density at radius 1 is 1.42 bits per heavy atom. The van der Waals surface area contributed by atoms with E-state index in [0.717, 1.165) is 30.4 Å². The van der Waals surface area contributed by atoms with E-state index < -0.39 is 0 Å². The van der Waals surface area contributed by atoms with E-state index in [1.54, 1.807) is 6.33 Å². The second-order valence-electron chi connectivity index (χ2n) is 6.42. The molecule has 24 heavy (non-hydrogen) atoms. The predicted molar refractivity (Wildman–Crippen MR) is 89.3 cm³/mol. The summed E-state index contributed by atoms with van der Waals surface area (Å²) in [6, 6.07) is 0.589. The number of rotatable bonds is 5. The molecule has 4 rings (SSSR count). The van der Waals surface area contributed by atoms with Gasteiger partial charge in [-0.25, -0.2) is 4.98 Å². The van der Waals surface area contributed by atoms with Crippen LogP contribution in [0.3, 0.4) is 0 Å². The maximum atomic E-state index is 11.0. The van der Waals surface area contributed by atoms with Crippen LogP contribution >= 0.6 is 0 Å². The Morgan fingerprint density at radius 2 is 2.25 bits per heavy atom. The van der Waals surface area contributed by atoms with Gasteiger partial charge in [0.05, 0.1) is 19.0 Å². The summed E-state index contributed by atoms with van der Waals surface area (Å²) < 4.78 is 7.11. The Balaban J connectivity index is 1.58. The van der Waals surface area contributed by atoms with Crippen LogP contribution in [0, 0.1) is 5.92 Å². The van der Waals surface area contributed by atoms with Gasteiger partial charge in [0.15, 0.2) is 17.0 Å². The quantitative estimate of drug-likeness (QED) is 0.635. The lowest BCUT2D eigenvalue weighted by molar-refractivity contribution is -0.141. The molecular formula is C16H20N6O2. The molecule has 2 aromatic rings. The van der Waals surface area contributed by atoms with Gasteiger partial charge in [0.2, 0.25) is 5.95 Å². The minimum absolute atomic E-state index is 0.124. The van der Waals surface area contributed by atoms with Gasteiger partial charge in [-0.2, -0.15) is 9.97 Å². The smallest absolute Gasteiger partial charge is 0.302 e. The lowest BCUT2D eigenvalue weighted by Crippen LogP contribution is -2.12. The number of hydrogen-bond donors (Lipinski definition) is 2. The van der Waals surface area contributed by atoms with Crippen molar-refractivity contribution in [3.8, 4) is 0 Å².